The number of halogens is 2. The summed E-state index contributed by atoms with van der Waals surface area (Å²) < 4.78 is 2.22. The second-order valence-corrected chi connectivity index (χ2v) is 7.38. The van der Waals surface area contributed by atoms with E-state index < -0.39 is 0 Å². The Balaban J connectivity index is 0.00000140. The smallest absolute Gasteiger partial charge is 0.206 e. The molecule has 0 radical (unpaired) electrons. The first-order valence-corrected chi connectivity index (χ1v) is 9.63. The predicted molar refractivity (Wildman–Crippen MR) is 123 cm³/mol. The summed E-state index contributed by atoms with van der Waals surface area (Å²) >= 11 is 0. The Labute approximate surface area is 180 Å². The topological polar surface area (TPSA) is 24.3 Å². The van der Waals surface area contributed by atoms with Crippen LogP contribution in [0.25, 0.3) is 11.0 Å². The van der Waals surface area contributed by atoms with E-state index in [1.165, 1.54) is 37.0 Å². The number of imidazole rings is 1. The summed E-state index contributed by atoms with van der Waals surface area (Å²) in [4.78, 5) is 9.84. The van der Waals surface area contributed by atoms with Crippen molar-refractivity contribution in [1.82, 2.24) is 14.5 Å². The maximum Gasteiger partial charge on any atom is 0.206 e. The van der Waals surface area contributed by atoms with Crippen LogP contribution in [0.4, 0.5) is 5.95 Å². The fourth-order valence-corrected chi connectivity index (χ4v) is 4.07. The van der Waals surface area contributed by atoms with Crippen LogP contribution in [0.1, 0.15) is 18.4 Å². The molecule has 1 fully saturated rings. The highest BCUT2D eigenvalue weighted by Crippen LogP contribution is 2.25. The Morgan fingerprint density at radius 1 is 0.964 bits per heavy atom. The van der Waals surface area contributed by atoms with Gasteiger partial charge < -0.3 is 14.4 Å². The molecule has 4 rings (SSSR count). The Morgan fingerprint density at radius 3 is 2.29 bits per heavy atom. The van der Waals surface area contributed by atoms with Crippen LogP contribution in [0.15, 0.2) is 54.6 Å². The highest BCUT2D eigenvalue weighted by molar-refractivity contribution is 5.85. The van der Waals surface area contributed by atoms with E-state index >= 15 is 0 Å². The molecule has 6 heteroatoms. The molecule has 0 amide bonds. The normalized spacial score (nSPS) is 15.1. The monoisotopic (exact) mass is 420 g/mol. The molecule has 0 saturated carbocycles. The molecule has 1 saturated heterocycles. The van der Waals surface area contributed by atoms with Gasteiger partial charge in [0.1, 0.15) is 0 Å². The van der Waals surface area contributed by atoms with Crippen molar-refractivity contribution >= 4 is 41.8 Å². The molecule has 1 aliphatic rings. The summed E-state index contributed by atoms with van der Waals surface area (Å²) in [5.41, 5.74) is 3.72. The van der Waals surface area contributed by atoms with Crippen molar-refractivity contribution < 1.29 is 0 Å². The molecule has 1 aliphatic heterocycles. The van der Waals surface area contributed by atoms with Crippen LogP contribution in [0.5, 0.6) is 0 Å². The fourth-order valence-electron chi connectivity index (χ4n) is 4.07. The van der Waals surface area contributed by atoms with Crippen LogP contribution in [0.3, 0.4) is 0 Å². The van der Waals surface area contributed by atoms with Crippen LogP contribution in [0, 0.1) is 0 Å². The van der Waals surface area contributed by atoms with Gasteiger partial charge in [-0.3, -0.25) is 0 Å². The average molecular weight is 421 g/mol. The second-order valence-electron chi connectivity index (χ2n) is 7.38. The lowest BCUT2D eigenvalue weighted by Crippen LogP contribution is -2.44. The molecule has 2 aromatic carbocycles. The van der Waals surface area contributed by atoms with Gasteiger partial charge in [0.05, 0.1) is 11.0 Å². The van der Waals surface area contributed by atoms with Gasteiger partial charge in [-0.05, 0) is 37.0 Å². The zero-order chi connectivity index (χ0) is 17.9. The summed E-state index contributed by atoms with van der Waals surface area (Å²) in [6.45, 7) is 3.50. The minimum atomic E-state index is 0. The third-order valence-electron chi connectivity index (χ3n) is 5.74. The van der Waals surface area contributed by atoms with Crippen LogP contribution in [-0.2, 0) is 13.5 Å². The minimum Gasteiger partial charge on any atom is -0.342 e. The van der Waals surface area contributed by atoms with Crippen LogP contribution < -0.4 is 4.90 Å². The average Bonchev–Trinajstić information content (AvgIpc) is 3.04. The molecular formula is C22H30Cl2N4. The molecular weight excluding hydrogens is 391 g/mol. The third-order valence-corrected chi connectivity index (χ3v) is 5.74. The van der Waals surface area contributed by atoms with E-state index in [2.05, 4.69) is 83.1 Å². The largest absolute Gasteiger partial charge is 0.342 e. The van der Waals surface area contributed by atoms with E-state index in [0.717, 1.165) is 24.4 Å². The van der Waals surface area contributed by atoms with E-state index in [9.17, 15) is 0 Å². The number of likely N-dealkylation sites (tertiary alicyclic amines) is 1. The molecule has 0 unspecified atom stereocenters. The summed E-state index contributed by atoms with van der Waals surface area (Å²) in [5.74, 6) is 1.08. The maximum atomic E-state index is 4.86. The van der Waals surface area contributed by atoms with Gasteiger partial charge in [0.25, 0.3) is 0 Å². The number of fused-ring (bicyclic) bond motifs is 1. The summed E-state index contributed by atoms with van der Waals surface area (Å²) in [5, 5.41) is 0. The zero-order valence-corrected chi connectivity index (χ0v) is 18.3. The zero-order valence-electron chi connectivity index (χ0n) is 16.6. The van der Waals surface area contributed by atoms with Crippen molar-refractivity contribution in [1.29, 1.82) is 0 Å². The number of nitrogens with zero attached hydrogens (tertiary/aromatic N) is 4. The molecule has 152 valence electrons. The van der Waals surface area contributed by atoms with Crippen LogP contribution >= 0.6 is 24.8 Å². The number of rotatable bonds is 5. The third kappa shape index (κ3) is 4.80. The van der Waals surface area contributed by atoms with Crippen molar-refractivity contribution in [2.45, 2.75) is 25.3 Å². The molecule has 0 bridgehead atoms. The van der Waals surface area contributed by atoms with E-state index in [0.29, 0.717) is 6.04 Å². The molecule has 0 aliphatic carbocycles. The molecule has 0 spiro atoms. The van der Waals surface area contributed by atoms with Gasteiger partial charge in [-0.2, -0.15) is 0 Å². The highest BCUT2D eigenvalue weighted by atomic mass is 35.5. The lowest BCUT2D eigenvalue weighted by molar-refractivity contribution is 0.212. The molecule has 3 aromatic rings. The number of hydrogen-bond donors (Lipinski definition) is 0. The number of para-hydroxylation sites is 2. The first-order chi connectivity index (χ1) is 12.7. The number of anilines is 1. The summed E-state index contributed by atoms with van der Waals surface area (Å²) in [6, 6.07) is 19.8. The van der Waals surface area contributed by atoms with Crippen molar-refractivity contribution in [2.24, 2.45) is 7.05 Å². The number of benzene rings is 2. The second kappa shape index (κ2) is 10.1. The van der Waals surface area contributed by atoms with Crippen molar-refractivity contribution in [3.63, 3.8) is 0 Å². The molecule has 2 heterocycles. The standard InChI is InChI=1S/C22H28N4.2ClH/c1-24(22-23-20-10-6-7-11-21(20)25(22)2)19-13-16-26(17-14-19)15-12-18-8-4-3-5-9-18;;/h3-11,19H,12-17H2,1-2H3;2*1H. The van der Waals surface area contributed by atoms with Crippen molar-refractivity contribution in [2.75, 3.05) is 31.6 Å². The lowest BCUT2D eigenvalue weighted by atomic mass is 10.0. The lowest BCUT2D eigenvalue weighted by Gasteiger charge is -2.37. The molecule has 28 heavy (non-hydrogen) atoms. The summed E-state index contributed by atoms with van der Waals surface area (Å²) in [6.07, 6.45) is 3.55. The summed E-state index contributed by atoms with van der Waals surface area (Å²) in [7, 11) is 4.32. The number of hydrogen-bond acceptors (Lipinski definition) is 3. The van der Waals surface area contributed by atoms with E-state index in [1.54, 1.807) is 0 Å². The maximum absolute atomic E-state index is 4.86. The Hall–Kier alpha value is -1.75. The van der Waals surface area contributed by atoms with Crippen molar-refractivity contribution in [3.8, 4) is 0 Å². The quantitative estimate of drug-likeness (QED) is 0.604. The number of piperidine rings is 1. The Kier molecular flexibility index (Phi) is 8.17. The molecule has 0 atom stereocenters. The Bertz CT molecular complexity index is 857. The van der Waals surface area contributed by atoms with E-state index in [1.807, 2.05) is 0 Å². The van der Waals surface area contributed by atoms with Gasteiger partial charge in [0.15, 0.2) is 0 Å². The van der Waals surface area contributed by atoms with E-state index in [4.69, 9.17) is 4.98 Å². The highest BCUT2D eigenvalue weighted by Gasteiger charge is 2.25. The van der Waals surface area contributed by atoms with Gasteiger partial charge in [-0.25, -0.2) is 4.98 Å². The van der Waals surface area contributed by atoms with Crippen LogP contribution in [0.2, 0.25) is 0 Å². The van der Waals surface area contributed by atoms with Crippen molar-refractivity contribution in [3.05, 3.63) is 60.2 Å². The predicted octanol–water partition coefficient (Wildman–Crippen LogP) is 4.56. The molecule has 4 nitrogen and oxygen atoms in total. The first-order valence-electron chi connectivity index (χ1n) is 9.63. The minimum absolute atomic E-state index is 0. The van der Waals surface area contributed by atoms with E-state index in [-0.39, 0.29) is 24.8 Å². The molecule has 1 aromatic heterocycles. The van der Waals surface area contributed by atoms with Gasteiger partial charge in [0, 0.05) is 39.8 Å². The number of aromatic nitrogens is 2. The van der Waals surface area contributed by atoms with Gasteiger partial charge >= 0.3 is 0 Å². The fraction of sp³-hybridized carbons (Fsp3) is 0.409. The SMILES string of the molecule is CN(c1nc2ccccc2n1C)C1CCN(CCc2ccccc2)CC1.Cl.Cl. The van der Waals surface area contributed by atoms with Gasteiger partial charge in [-0.1, -0.05) is 42.5 Å². The Morgan fingerprint density at radius 2 is 1.61 bits per heavy atom. The van der Waals surface area contributed by atoms with Gasteiger partial charge in [0.2, 0.25) is 5.95 Å². The first kappa shape index (κ1) is 22.5. The van der Waals surface area contributed by atoms with Gasteiger partial charge in [-0.15, -0.1) is 24.8 Å². The number of aryl methyl sites for hydroxylation is 1. The van der Waals surface area contributed by atoms with Crippen LogP contribution in [-0.4, -0.2) is 47.2 Å². The molecule has 0 N–H and O–H groups in total.